The molecule has 0 fully saturated rings. The number of nitrogens with one attached hydrogen (secondary N) is 1. The third kappa shape index (κ3) is 3.43. The van der Waals surface area contributed by atoms with Crippen molar-refractivity contribution in [3.8, 4) is 0 Å². The Morgan fingerprint density at radius 2 is 2.25 bits per heavy atom. The second-order valence-corrected chi connectivity index (χ2v) is 6.13. The van der Waals surface area contributed by atoms with Gasteiger partial charge in [-0.05, 0) is 36.5 Å². The molecule has 1 unspecified atom stereocenters. The molecule has 0 bridgehead atoms. The highest BCUT2D eigenvalue weighted by Gasteiger charge is 2.30. The molecule has 0 spiro atoms. The normalized spacial score (nSPS) is 16.0. The number of carbonyl (C=O) groups is 1. The number of fused-ring (bicyclic) bond motifs is 1. The molecule has 0 radical (unpaired) electrons. The molecule has 1 atom stereocenters. The molecule has 1 aliphatic carbocycles. The van der Waals surface area contributed by atoms with E-state index in [2.05, 4.69) is 22.5 Å². The Balaban J connectivity index is 1.72. The van der Waals surface area contributed by atoms with Crippen LogP contribution in [0, 0.1) is 0 Å². The Kier molecular flexibility index (Phi) is 5.15. The van der Waals surface area contributed by atoms with E-state index < -0.39 is 0 Å². The van der Waals surface area contributed by atoms with E-state index in [9.17, 15) is 9.90 Å². The topological polar surface area (TPSA) is 70.4 Å². The number of benzene rings is 1. The van der Waals surface area contributed by atoms with E-state index in [-0.39, 0.29) is 18.7 Å². The molecule has 0 aliphatic heterocycles. The second kappa shape index (κ2) is 7.49. The zero-order chi connectivity index (χ0) is 16.9. The molecule has 2 aromatic rings. The van der Waals surface area contributed by atoms with Gasteiger partial charge in [-0.2, -0.15) is 5.10 Å². The number of aromatic nitrogens is 2. The van der Waals surface area contributed by atoms with Gasteiger partial charge in [0, 0.05) is 26.4 Å². The predicted molar refractivity (Wildman–Crippen MR) is 91.4 cm³/mol. The molecule has 0 saturated heterocycles. The first-order valence-corrected chi connectivity index (χ1v) is 8.40. The molecule has 6 nitrogen and oxygen atoms in total. The van der Waals surface area contributed by atoms with E-state index >= 15 is 0 Å². The summed E-state index contributed by atoms with van der Waals surface area (Å²) < 4.78 is 1.75. The van der Waals surface area contributed by atoms with Crippen molar-refractivity contribution in [2.75, 3.05) is 13.2 Å². The highest BCUT2D eigenvalue weighted by atomic mass is 16.3. The van der Waals surface area contributed by atoms with E-state index in [1.165, 1.54) is 11.1 Å². The molecule has 2 N–H and O–H groups in total. The second-order valence-electron chi connectivity index (χ2n) is 6.13. The maximum absolute atomic E-state index is 12.8. The minimum atomic E-state index is -0.0913. The number of amides is 2. The van der Waals surface area contributed by atoms with Crippen LogP contribution in [0.1, 0.15) is 35.7 Å². The average molecular weight is 328 g/mol. The Morgan fingerprint density at radius 3 is 3.00 bits per heavy atom. The lowest BCUT2D eigenvalue weighted by Crippen LogP contribution is -2.42. The number of urea groups is 1. The maximum Gasteiger partial charge on any atom is 0.318 e. The molecule has 3 rings (SSSR count). The van der Waals surface area contributed by atoms with Gasteiger partial charge in [-0.3, -0.25) is 4.68 Å². The number of aryl methyl sites for hydroxylation is 2. The zero-order valence-corrected chi connectivity index (χ0v) is 14.0. The molecule has 24 heavy (non-hydrogen) atoms. The van der Waals surface area contributed by atoms with Crippen LogP contribution in [0.25, 0.3) is 0 Å². The van der Waals surface area contributed by atoms with Crippen molar-refractivity contribution < 1.29 is 9.90 Å². The number of hydrogen-bond acceptors (Lipinski definition) is 3. The van der Waals surface area contributed by atoms with Crippen LogP contribution >= 0.6 is 0 Å². The van der Waals surface area contributed by atoms with Gasteiger partial charge in [0.05, 0.1) is 18.3 Å². The Morgan fingerprint density at radius 1 is 1.42 bits per heavy atom. The summed E-state index contributed by atoms with van der Waals surface area (Å²) in [6.45, 7) is 1.08. The van der Waals surface area contributed by atoms with Gasteiger partial charge in [0.15, 0.2) is 0 Å². The van der Waals surface area contributed by atoms with Crippen molar-refractivity contribution in [3.05, 3.63) is 53.3 Å². The van der Waals surface area contributed by atoms with Crippen molar-refractivity contribution in [2.45, 2.75) is 31.8 Å². The molecule has 2 amide bonds. The van der Waals surface area contributed by atoms with E-state index in [1.807, 2.05) is 30.1 Å². The number of carbonyl (C=O) groups excluding carboxylic acids is 1. The fourth-order valence-corrected chi connectivity index (χ4v) is 3.34. The summed E-state index contributed by atoms with van der Waals surface area (Å²) in [6.07, 6.45) is 4.23. The first-order valence-electron chi connectivity index (χ1n) is 8.40. The largest absolute Gasteiger partial charge is 0.396 e. The first-order chi connectivity index (χ1) is 11.7. The summed E-state index contributed by atoms with van der Waals surface area (Å²) >= 11 is 0. The Bertz CT molecular complexity index is 698. The van der Waals surface area contributed by atoms with Crippen molar-refractivity contribution in [1.82, 2.24) is 20.0 Å². The van der Waals surface area contributed by atoms with Gasteiger partial charge < -0.3 is 15.3 Å². The van der Waals surface area contributed by atoms with E-state index in [0.717, 1.165) is 18.5 Å². The molecular formula is C18H24N4O2. The molecule has 1 aliphatic rings. The summed E-state index contributed by atoms with van der Waals surface area (Å²) in [5, 5.41) is 16.3. The van der Waals surface area contributed by atoms with Gasteiger partial charge in [0.2, 0.25) is 0 Å². The quantitative estimate of drug-likeness (QED) is 0.852. The molecule has 128 valence electrons. The number of hydrogen-bond donors (Lipinski definition) is 2. The van der Waals surface area contributed by atoms with Crippen LogP contribution in [0.4, 0.5) is 4.79 Å². The fraction of sp³-hybridized carbons (Fsp3) is 0.444. The summed E-state index contributed by atoms with van der Waals surface area (Å²) in [5.74, 6) is 0. The SMILES string of the molecule is Cn1nccc1CNC(=O)N(CCCO)C1CCc2ccccc21. The fourth-order valence-electron chi connectivity index (χ4n) is 3.34. The number of rotatable bonds is 6. The van der Waals surface area contributed by atoms with Gasteiger partial charge in [0.25, 0.3) is 0 Å². The standard InChI is InChI=1S/C18H24N4O2/c1-21-15(9-10-20-21)13-19-18(24)22(11-4-12-23)17-8-7-14-5-2-3-6-16(14)17/h2-3,5-6,9-10,17,23H,4,7-8,11-13H2,1H3,(H,19,24). The van der Waals surface area contributed by atoms with Crippen molar-refractivity contribution in [1.29, 1.82) is 0 Å². The van der Waals surface area contributed by atoms with Gasteiger partial charge in [0.1, 0.15) is 0 Å². The molecular weight excluding hydrogens is 304 g/mol. The van der Waals surface area contributed by atoms with Crippen LogP contribution in [0.3, 0.4) is 0 Å². The Hall–Kier alpha value is -2.34. The third-order valence-corrected chi connectivity index (χ3v) is 4.64. The van der Waals surface area contributed by atoms with Crippen molar-refractivity contribution in [3.63, 3.8) is 0 Å². The van der Waals surface area contributed by atoms with E-state index in [0.29, 0.717) is 19.5 Å². The monoisotopic (exact) mass is 328 g/mol. The van der Waals surface area contributed by atoms with Crippen LogP contribution in [0.2, 0.25) is 0 Å². The molecule has 6 heteroatoms. The van der Waals surface area contributed by atoms with Crippen LogP contribution in [-0.2, 0) is 20.0 Å². The Labute approximate surface area is 142 Å². The van der Waals surface area contributed by atoms with E-state index in [1.54, 1.807) is 10.9 Å². The van der Waals surface area contributed by atoms with Gasteiger partial charge >= 0.3 is 6.03 Å². The van der Waals surface area contributed by atoms with E-state index in [4.69, 9.17) is 0 Å². The average Bonchev–Trinajstić information content (AvgIpc) is 3.20. The molecule has 1 aromatic heterocycles. The lowest BCUT2D eigenvalue weighted by molar-refractivity contribution is 0.164. The lowest BCUT2D eigenvalue weighted by atomic mass is 10.1. The van der Waals surface area contributed by atoms with Gasteiger partial charge in [-0.25, -0.2) is 4.79 Å². The highest BCUT2D eigenvalue weighted by molar-refractivity contribution is 5.75. The van der Waals surface area contributed by atoms with Crippen LogP contribution < -0.4 is 5.32 Å². The molecule has 1 heterocycles. The zero-order valence-electron chi connectivity index (χ0n) is 14.0. The molecule has 0 saturated carbocycles. The van der Waals surface area contributed by atoms with Crippen LogP contribution in [0.5, 0.6) is 0 Å². The van der Waals surface area contributed by atoms with Gasteiger partial charge in [-0.15, -0.1) is 0 Å². The summed E-state index contributed by atoms with van der Waals surface area (Å²) in [7, 11) is 1.86. The molecule has 1 aromatic carbocycles. The van der Waals surface area contributed by atoms with Crippen LogP contribution in [-0.4, -0.2) is 39.0 Å². The maximum atomic E-state index is 12.8. The predicted octanol–water partition coefficient (Wildman–Crippen LogP) is 2.00. The number of nitrogens with zero attached hydrogens (tertiary/aromatic N) is 3. The van der Waals surface area contributed by atoms with Crippen LogP contribution in [0.15, 0.2) is 36.5 Å². The highest BCUT2D eigenvalue weighted by Crippen LogP contribution is 2.35. The first kappa shape index (κ1) is 16.5. The van der Waals surface area contributed by atoms with Gasteiger partial charge in [-0.1, -0.05) is 24.3 Å². The lowest BCUT2D eigenvalue weighted by Gasteiger charge is -2.30. The minimum absolute atomic E-state index is 0.0827. The third-order valence-electron chi connectivity index (χ3n) is 4.64. The summed E-state index contributed by atoms with van der Waals surface area (Å²) in [4.78, 5) is 14.6. The summed E-state index contributed by atoms with van der Waals surface area (Å²) in [5.41, 5.74) is 3.50. The van der Waals surface area contributed by atoms with Crippen molar-refractivity contribution >= 4 is 6.03 Å². The minimum Gasteiger partial charge on any atom is -0.396 e. The summed E-state index contributed by atoms with van der Waals surface area (Å²) in [6, 6.07) is 10.2. The number of aliphatic hydroxyl groups is 1. The van der Waals surface area contributed by atoms with Crippen molar-refractivity contribution in [2.24, 2.45) is 7.05 Å². The smallest absolute Gasteiger partial charge is 0.318 e. The number of aliphatic hydroxyl groups excluding tert-OH is 1.